The van der Waals surface area contributed by atoms with Crippen molar-refractivity contribution in [2.45, 2.75) is 25.7 Å². The van der Waals surface area contributed by atoms with Crippen molar-refractivity contribution in [3.63, 3.8) is 0 Å². The van der Waals surface area contributed by atoms with Gasteiger partial charge in [0.2, 0.25) is 5.91 Å². The molecule has 0 bridgehead atoms. The Morgan fingerprint density at radius 3 is 2.76 bits per heavy atom. The Bertz CT molecular complexity index is 499. The van der Waals surface area contributed by atoms with Crippen molar-refractivity contribution in [2.24, 2.45) is 0 Å². The summed E-state index contributed by atoms with van der Waals surface area (Å²) in [5.41, 5.74) is 0.956. The van der Waals surface area contributed by atoms with E-state index in [1.807, 2.05) is 4.90 Å². The number of carbonyl (C=O) groups excluding carboxylic acids is 1. The summed E-state index contributed by atoms with van der Waals surface area (Å²) in [5.74, 6) is -0.811. The molecule has 0 spiro atoms. The number of amides is 1. The minimum absolute atomic E-state index is 0.141. The lowest BCUT2D eigenvalue weighted by molar-refractivity contribution is -0.131. The van der Waals surface area contributed by atoms with E-state index in [-0.39, 0.29) is 11.5 Å². The first-order valence-electron chi connectivity index (χ1n) is 7.33. The molecule has 1 fully saturated rings. The van der Waals surface area contributed by atoms with Gasteiger partial charge in [0.15, 0.2) is 0 Å². The van der Waals surface area contributed by atoms with Crippen molar-refractivity contribution in [3.8, 4) is 0 Å². The molecule has 0 saturated carbocycles. The third-order valence-corrected chi connectivity index (χ3v) is 3.61. The number of carboxylic acid groups (broad SMARTS) is 1. The third kappa shape index (κ3) is 4.82. The molecule has 21 heavy (non-hydrogen) atoms. The van der Waals surface area contributed by atoms with Crippen LogP contribution in [-0.2, 0) is 11.2 Å². The summed E-state index contributed by atoms with van der Waals surface area (Å²) in [5, 5.41) is 12.0. The van der Waals surface area contributed by atoms with Gasteiger partial charge in [-0.2, -0.15) is 0 Å². The number of piperidine rings is 1. The van der Waals surface area contributed by atoms with Crippen LogP contribution in [0.2, 0.25) is 0 Å². The Morgan fingerprint density at radius 2 is 2.05 bits per heavy atom. The molecule has 2 N–H and O–H groups in total. The van der Waals surface area contributed by atoms with Crippen molar-refractivity contribution < 1.29 is 14.7 Å². The second-order valence-corrected chi connectivity index (χ2v) is 5.21. The smallest absolute Gasteiger partial charge is 0.335 e. The largest absolute Gasteiger partial charge is 0.478 e. The SMILES string of the molecule is O=C(O)c1ccnc(CCNCC(=O)N2CCCCC2)c1. The van der Waals surface area contributed by atoms with Crippen LogP contribution in [-0.4, -0.2) is 53.0 Å². The average molecular weight is 291 g/mol. The normalized spacial score (nSPS) is 15.0. The van der Waals surface area contributed by atoms with Gasteiger partial charge in [-0.1, -0.05) is 0 Å². The van der Waals surface area contributed by atoms with Crippen molar-refractivity contribution >= 4 is 11.9 Å². The van der Waals surface area contributed by atoms with E-state index >= 15 is 0 Å². The molecule has 114 valence electrons. The molecule has 1 aromatic rings. The van der Waals surface area contributed by atoms with Crippen LogP contribution in [0.25, 0.3) is 0 Å². The lowest BCUT2D eigenvalue weighted by atomic mass is 10.1. The van der Waals surface area contributed by atoms with E-state index in [0.717, 1.165) is 25.9 Å². The van der Waals surface area contributed by atoms with Crippen LogP contribution in [0.5, 0.6) is 0 Å². The predicted molar refractivity (Wildman–Crippen MR) is 78.2 cm³/mol. The molecule has 6 nitrogen and oxygen atoms in total. The fraction of sp³-hybridized carbons (Fsp3) is 0.533. The maximum absolute atomic E-state index is 11.9. The van der Waals surface area contributed by atoms with E-state index in [1.165, 1.54) is 18.7 Å². The van der Waals surface area contributed by atoms with Crippen LogP contribution in [0.3, 0.4) is 0 Å². The molecule has 0 aromatic carbocycles. The van der Waals surface area contributed by atoms with Gasteiger partial charge in [0.25, 0.3) is 0 Å². The van der Waals surface area contributed by atoms with Crippen LogP contribution in [0.1, 0.15) is 35.3 Å². The van der Waals surface area contributed by atoms with E-state index in [9.17, 15) is 9.59 Å². The summed E-state index contributed by atoms with van der Waals surface area (Å²) < 4.78 is 0. The Kier molecular flexibility index (Phi) is 5.68. The average Bonchev–Trinajstić information content (AvgIpc) is 2.52. The Balaban J connectivity index is 1.70. The lowest BCUT2D eigenvalue weighted by Gasteiger charge is -2.26. The summed E-state index contributed by atoms with van der Waals surface area (Å²) in [6, 6.07) is 3.04. The molecule has 6 heteroatoms. The molecule has 1 aliphatic heterocycles. The second-order valence-electron chi connectivity index (χ2n) is 5.21. The molecule has 1 aliphatic rings. The molecular formula is C15H21N3O3. The second kappa shape index (κ2) is 7.73. The van der Waals surface area contributed by atoms with Gasteiger partial charge >= 0.3 is 5.97 Å². The minimum Gasteiger partial charge on any atom is -0.478 e. The molecule has 2 heterocycles. The number of aromatic nitrogens is 1. The predicted octanol–water partition coefficient (Wildman–Crippen LogP) is 0.924. The first kappa shape index (κ1) is 15.4. The number of carboxylic acids is 1. The maximum atomic E-state index is 11.9. The highest BCUT2D eigenvalue weighted by Gasteiger charge is 2.15. The lowest BCUT2D eigenvalue weighted by Crippen LogP contribution is -2.41. The van der Waals surface area contributed by atoms with Gasteiger partial charge in [-0.15, -0.1) is 0 Å². The summed E-state index contributed by atoms with van der Waals surface area (Å²) in [6.07, 6.45) is 5.50. The number of likely N-dealkylation sites (tertiary alicyclic amines) is 1. The molecule has 1 amide bonds. The summed E-state index contributed by atoms with van der Waals surface area (Å²) >= 11 is 0. The van der Waals surface area contributed by atoms with Crippen LogP contribution in [0, 0.1) is 0 Å². The highest BCUT2D eigenvalue weighted by Crippen LogP contribution is 2.08. The first-order valence-corrected chi connectivity index (χ1v) is 7.33. The van der Waals surface area contributed by atoms with Crippen molar-refractivity contribution in [3.05, 3.63) is 29.6 Å². The van der Waals surface area contributed by atoms with Gasteiger partial charge in [0.1, 0.15) is 0 Å². The minimum atomic E-state index is -0.952. The topological polar surface area (TPSA) is 82.5 Å². The number of carbonyl (C=O) groups is 2. The first-order chi connectivity index (χ1) is 10.2. The molecule has 0 unspecified atom stereocenters. The van der Waals surface area contributed by atoms with Gasteiger partial charge in [0.05, 0.1) is 12.1 Å². The molecular weight excluding hydrogens is 270 g/mol. The van der Waals surface area contributed by atoms with Crippen LogP contribution >= 0.6 is 0 Å². The highest BCUT2D eigenvalue weighted by atomic mass is 16.4. The van der Waals surface area contributed by atoms with Gasteiger partial charge in [-0.05, 0) is 31.4 Å². The van der Waals surface area contributed by atoms with E-state index in [0.29, 0.717) is 25.2 Å². The Morgan fingerprint density at radius 1 is 1.29 bits per heavy atom. The van der Waals surface area contributed by atoms with E-state index in [4.69, 9.17) is 5.11 Å². The molecule has 1 saturated heterocycles. The number of nitrogens with one attached hydrogen (secondary N) is 1. The summed E-state index contributed by atoms with van der Waals surface area (Å²) in [6.45, 7) is 2.67. The Hall–Kier alpha value is -1.95. The van der Waals surface area contributed by atoms with Gasteiger partial charge < -0.3 is 15.3 Å². The van der Waals surface area contributed by atoms with Crippen molar-refractivity contribution in [1.82, 2.24) is 15.2 Å². The molecule has 0 aliphatic carbocycles. The standard InChI is InChI=1S/C15H21N3O3/c19-14(18-8-2-1-3-9-18)11-16-6-5-13-10-12(15(20)21)4-7-17-13/h4,7,10,16H,1-3,5-6,8-9,11H2,(H,20,21). The number of aromatic carboxylic acids is 1. The summed E-state index contributed by atoms with van der Waals surface area (Å²) in [7, 11) is 0. The zero-order chi connectivity index (χ0) is 15.1. The van der Waals surface area contributed by atoms with Crippen LogP contribution in [0.15, 0.2) is 18.3 Å². The molecule has 0 atom stereocenters. The van der Waals surface area contributed by atoms with Gasteiger partial charge in [-0.3, -0.25) is 9.78 Å². The van der Waals surface area contributed by atoms with E-state index in [1.54, 1.807) is 6.07 Å². The van der Waals surface area contributed by atoms with E-state index in [2.05, 4.69) is 10.3 Å². The third-order valence-electron chi connectivity index (χ3n) is 3.61. The van der Waals surface area contributed by atoms with E-state index < -0.39 is 5.97 Å². The fourth-order valence-corrected chi connectivity index (χ4v) is 2.41. The van der Waals surface area contributed by atoms with Crippen LogP contribution < -0.4 is 5.32 Å². The number of hydrogen-bond acceptors (Lipinski definition) is 4. The fourth-order valence-electron chi connectivity index (χ4n) is 2.41. The number of hydrogen-bond donors (Lipinski definition) is 2. The van der Waals surface area contributed by atoms with Gasteiger partial charge in [0, 0.05) is 37.9 Å². The quantitative estimate of drug-likeness (QED) is 0.762. The highest BCUT2D eigenvalue weighted by molar-refractivity contribution is 5.87. The number of pyridine rings is 1. The monoisotopic (exact) mass is 291 g/mol. The number of nitrogens with zero attached hydrogens (tertiary/aromatic N) is 2. The van der Waals surface area contributed by atoms with Crippen molar-refractivity contribution in [1.29, 1.82) is 0 Å². The summed E-state index contributed by atoms with van der Waals surface area (Å²) in [4.78, 5) is 28.8. The molecule has 2 rings (SSSR count). The zero-order valence-corrected chi connectivity index (χ0v) is 12.0. The van der Waals surface area contributed by atoms with Crippen LogP contribution in [0.4, 0.5) is 0 Å². The van der Waals surface area contributed by atoms with Crippen molar-refractivity contribution in [2.75, 3.05) is 26.2 Å². The van der Waals surface area contributed by atoms with Gasteiger partial charge in [-0.25, -0.2) is 4.79 Å². The zero-order valence-electron chi connectivity index (χ0n) is 12.0. The Labute approximate surface area is 124 Å². The molecule has 0 radical (unpaired) electrons. The maximum Gasteiger partial charge on any atom is 0.335 e. The number of rotatable bonds is 6. The molecule has 1 aromatic heterocycles.